The Labute approximate surface area is 564 Å². The Morgan fingerprint density at radius 2 is 0.268 bits per heavy atom. The van der Waals surface area contributed by atoms with Crippen molar-refractivity contribution in [2.24, 2.45) is 0 Å². The summed E-state index contributed by atoms with van der Waals surface area (Å²) >= 11 is 0. The summed E-state index contributed by atoms with van der Waals surface area (Å²) in [6.45, 7) is 0. The van der Waals surface area contributed by atoms with Crippen LogP contribution in [0.1, 0.15) is 11.1 Å². The molecule has 4 heteroatoms. The van der Waals surface area contributed by atoms with Gasteiger partial charge in [0.15, 0.2) is 0 Å². The highest BCUT2D eigenvalue weighted by Crippen LogP contribution is 2.48. The van der Waals surface area contributed by atoms with Gasteiger partial charge in [-0.15, -0.1) is 0 Å². The Morgan fingerprint density at radius 1 is 0.124 bits per heavy atom. The Hall–Kier alpha value is -12.8. The normalized spacial score (nSPS) is 11.5. The van der Waals surface area contributed by atoms with Gasteiger partial charge >= 0.3 is 0 Å². The fraction of sp³-hybridized carbons (Fsp3) is 0.0108. The van der Waals surface area contributed by atoms with E-state index >= 15 is 0 Å². The van der Waals surface area contributed by atoms with E-state index in [0.29, 0.717) is 6.42 Å². The second-order valence-electron chi connectivity index (χ2n) is 25.5. The van der Waals surface area contributed by atoms with Gasteiger partial charge in [0.25, 0.3) is 0 Å². The third kappa shape index (κ3) is 11.0. The average molecular weight is 1240 g/mol. The van der Waals surface area contributed by atoms with Gasteiger partial charge in [0.05, 0.1) is 0 Å². The Bertz CT molecular complexity index is 5020. The average Bonchev–Trinajstić information content (AvgIpc) is 0.786. The number of rotatable bonds is 14. The molecule has 0 aliphatic carbocycles. The largest absolute Gasteiger partial charge is 0.310 e. The van der Waals surface area contributed by atoms with Crippen LogP contribution in [0.4, 0.5) is 68.2 Å². The molecule has 0 saturated heterocycles. The van der Waals surface area contributed by atoms with Crippen molar-refractivity contribution < 1.29 is 0 Å². The molecule has 0 radical (unpaired) electrons. The van der Waals surface area contributed by atoms with Crippen LogP contribution in [-0.2, 0) is 6.42 Å². The number of benzene rings is 18. The van der Waals surface area contributed by atoms with E-state index in [0.717, 1.165) is 79.4 Å². The predicted octanol–water partition coefficient (Wildman–Crippen LogP) is 26.4. The van der Waals surface area contributed by atoms with Crippen molar-refractivity contribution in [2.45, 2.75) is 6.42 Å². The van der Waals surface area contributed by atoms with Crippen LogP contribution < -0.4 is 19.6 Å². The zero-order valence-corrected chi connectivity index (χ0v) is 53.3. The summed E-state index contributed by atoms with van der Waals surface area (Å²) in [6, 6.07) is 139. The van der Waals surface area contributed by atoms with E-state index in [9.17, 15) is 0 Å². The fourth-order valence-electron chi connectivity index (χ4n) is 14.6. The van der Waals surface area contributed by atoms with Crippen molar-refractivity contribution in [1.82, 2.24) is 0 Å². The molecule has 0 spiro atoms. The number of fused-ring (bicyclic) bond motifs is 8. The molecule has 0 fully saturated rings. The molecule has 0 amide bonds. The van der Waals surface area contributed by atoms with E-state index < -0.39 is 0 Å². The summed E-state index contributed by atoms with van der Waals surface area (Å²) in [5, 5.41) is 18.9. The van der Waals surface area contributed by atoms with Crippen molar-refractivity contribution in [3.63, 3.8) is 0 Å². The molecule has 18 aromatic carbocycles. The second kappa shape index (κ2) is 24.3. The highest BCUT2D eigenvalue weighted by atomic mass is 15.2. The maximum Gasteiger partial charge on any atom is 0.0485 e. The minimum Gasteiger partial charge on any atom is -0.310 e. The van der Waals surface area contributed by atoms with Gasteiger partial charge in [-0.1, -0.05) is 243 Å². The summed E-state index contributed by atoms with van der Waals surface area (Å²) in [4.78, 5) is 9.87. The van der Waals surface area contributed by atoms with Crippen molar-refractivity contribution in [1.29, 1.82) is 0 Å². The molecule has 18 rings (SSSR count). The highest BCUT2D eigenvalue weighted by molar-refractivity contribution is 6.00. The molecular formula is C93H64N4. The number of hydrogen-bond donors (Lipinski definition) is 0. The molecule has 97 heavy (non-hydrogen) atoms. The first-order valence-electron chi connectivity index (χ1n) is 33.4. The third-order valence-corrected chi connectivity index (χ3v) is 19.3. The summed E-state index contributed by atoms with van der Waals surface area (Å²) in [5.74, 6) is 0. The van der Waals surface area contributed by atoms with Gasteiger partial charge in [-0.25, -0.2) is 0 Å². The van der Waals surface area contributed by atoms with E-state index in [-0.39, 0.29) is 0 Å². The molecule has 0 aliphatic rings. The topological polar surface area (TPSA) is 13.0 Å². The Balaban J connectivity index is 0.911. The zero-order valence-electron chi connectivity index (χ0n) is 53.3. The van der Waals surface area contributed by atoms with Gasteiger partial charge in [-0.2, -0.15) is 0 Å². The first kappa shape index (κ1) is 56.9. The van der Waals surface area contributed by atoms with Gasteiger partial charge in [0.1, 0.15) is 0 Å². The molecule has 0 aliphatic heterocycles. The quantitative estimate of drug-likeness (QED) is 0.108. The summed E-state index contributed by atoms with van der Waals surface area (Å²) < 4.78 is 0. The van der Waals surface area contributed by atoms with Gasteiger partial charge in [-0.3, -0.25) is 0 Å². The minimum absolute atomic E-state index is 0.570. The molecule has 0 saturated carbocycles. The summed E-state index contributed by atoms with van der Waals surface area (Å²) in [6.07, 6.45) is 0.570. The fourth-order valence-corrected chi connectivity index (χ4v) is 14.6. The molecule has 0 bridgehead atoms. The van der Waals surface area contributed by atoms with E-state index in [1.54, 1.807) is 0 Å². The molecule has 0 aromatic heterocycles. The molecule has 0 atom stereocenters. The number of nitrogens with zero attached hydrogens (tertiary/aromatic N) is 4. The lowest BCUT2D eigenvalue weighted by molar-refractivity contribution is 1.15. The van der Waals surface area contributed by atoms with Crippen LogP contribution in [0, 0.1) is 0 Å². The van der Waals surface area contributed by atoms with E-state index in [2.05, 4.69) is 396 Å². The zero-order chi connectivity index (χ0) is 64.2. The molecule has 4 nitrogen and oxygen atoms in total. The van der Waals surface area contributed by atoms with Crippen LogP contribution in [0.3, 0.4) is 0 Å². The van der Waals surface area contributed by atoms with Crippen LogP contribution in [0.2, 0.25) is 0 Å². The van der Waals surface area contributed by atoms with Crippen molar-refractivity contribution in [3.05, 3.63) is 387 Å². The van der Waals surface area contributed by atoms with Crippen LogP contribution in [0.5, 0.6) is 0 Å². The number of hydrogen-bond acceptors (Lipinski definition) is 4. The van der Waals surface area contributed by atoms with Crippen molar-refractivity contribution in [2.75, 3.05) is 19.6 Å². The van der Waals surface area contributed by atoms with Gasteiger partial charge in [-0.05, 0) is 237 Å². The van der Waals surface area contributed by atoms with Crippen LogP contribution >= 0.6 is 0 Å². The Kier molecular flexibility index (Phi) is 14.3. The molecular weight excluding hydrogens is 1170 g/mol. The van der Waals surface area contributed by atoms with Crippen LogP contribution in [0.25, 0.3) is 86.2 Å². The molecule has 0 heterocycles. The monoisotopic (exact) mass is 1240 g/mol. The highest BCUT2D eigenvalue weighted by Gasteiger charge is 2.24. The van der Waals surface area contributed by atoms with Gasteiger partial charge < -0.3 is 19.6 Å². The summed E-state index contributed by atoms with van der Waals surface area (Å²) in [5.41, 5.74) is 14.9. The smallest absolute Gasteiger partial charge is 0.0485 e. The summed E-state index contributed by atoms with van der Waals surface area (Å²) in [7, 11) is 0. The standard InChI is InChI=1S/C93H64N4/c1-9-25-74-54-82(41-33-66(74)17-1)94(83-42-34-67-18-2-10-26-75(67)55-83)90-50-64(51-91(62-90)95(84-43-35-68-19-3-11-27-76(68)56-84)85-44-36-69-20-4-12-28-77(69)57-85)49-65-52-92(96(86-45-37-70-21-5-13-29-78(70)58-86)87-46-38-71-22-6-14-30-79(71)59-87)63-93(53-65)97(88-47-39-72-23-7-15-31-80(72)60-88)89-48-40-73-24-8-16-32-81(73)61-89/h1-48,50-63H,49H2. The predicted molar refractivity (Wildman–Crippen MR) is 414 cm³/mol. The van der Waals surface area contributed by atoms with Gasteiger partial charge in [0.2, 0.25) is 0 Å². The third-order valence-electron chi connectivity index (χ3n) is 19.3. The molecule has 18 aromatic rings. The van der Waals surface area contributed by atoms with Crippen LogP contribution in [0.15, 0.2) is 376 Å². The van der Waals surface area contributed by atoms with Crippen molar-refractivity contribution in [3.8, 4) is 0 Å². The minimum atomic E-state index is 0.570. The maximum atomic E-state index is 2.47. The first-order valence-corrected chi connectivity index (χ1v) is 33.4. The lowest BCUT2D eigenvalue weighted by Gasteiger charge is -2.32. The lowest BCUT2D eigenvalue weighted by atomic mass is 9.98. The van der Waals surface area contributed by atoms with Gasteiger partial charge in [0, 0.05) is 68.2 Å². The van der Waals surface area contributed by atoms with E-state index in [1.807, 2.05) is 0 Å². The van der Waals surface area contributed by atoms with E-state index in [1.165, 1.54) is 86.2 Å². The SMILES string of the molecule is c1ccc2cc(N(c3cc(Cc4cc(N(c5ccc6ccccc6c5)c5ccc6ccccc6c5)cc(N(c5ccc6ccccc6c5)c5ccc6ccccc6c5)c4)cc(N(c4ccc5ccccc5c4)c4ccc5ccccc5c4)c3)c3ccc4ccccc4c3)ccc2c1. The maximum absolute atomic E-state index is 2.47. The molecule has 0 N–H and O–H groups in total. The lowest BCUT2D eigenvalue weighted by Crippen LogP contribution is -2.15. The van der Waals surface area contributed by atoms with E-state index in [4.69, 9.17) is 0 Å². The molecule has 0 unspecified atom stereocenters. The molecule has 456 valence electrons. The van der Waals surface area contributed by atoms with Crippen LogP contribution in [-0.4, -0.2) is 0 Å². The number of anilines is 12. The van der Waals surface area contributed by atoms with Crippen molar-refractivity contribution >= 4 is 154 Å². The first-order chi connectivity index (χ1) is 48.0. The second-order valence-corrected chi connectivity index (χ2v) is 25.5. The Morgan fingerprint density at radius 3 is 0.423 bits per heavy atom.